The van der Waals surface area contributed by atoms with Crippen molar-refractivity contribution >= 4 is 36.0 Å². The lowest BCUT2D eigenvalue weighted by molar-refractivity contribution is 0.0914. The van der Waals surface area contributed by atoms with Gasteiger partial charge in [0, 0.05) is 45.3 Å². The van der Waals surface area contributed by atoms with Crippen molar-refractivity contribution in [3.8, 4) is 11.5 Å². The van der Waals surface area contributed by atoms with Crippen LogP contribution in [0.3, 0.4) is 0 Å². The number of halogens is 1. The number of nitrogens with one attached hydrogen (secondary N) is 1. The van der Waals surface area contributed by atoms with Crippen LogP contribution in [0, 0.1) is 0 Å². The molecule has 1 N–H and O–H groups in total. The number of carbonyl (C=O) groups is 1. The topological polar surface area (TPSA) is 75.6 Å². The highest BCUT2D eigenvalue weighted by Gasteiger charge is 2.23. The number of carbonyl (C=O) groups excluding carboxylic acids is 1. The number of benzene rings is 1. The third kappa shape index (κ3) is 6.05. The molecule has 1 aliphatic heterocycles. The molecule has 0 aromatic heterocycles. The largest absolute Gasteiger partial charge is 0.493 e. The Balaban J connectivity index is 0.00000364. The highest BCUT2D eigenvalue weighted by atomic mass is 127. The number of piperazine rings is 1. The molecule has 1 aromatic carbocycles. The number of methoxy groups -OCH3 is 2. The molecule has 2 rings (SSSR count). The predicted octanol–water partition coefficient (Wildman–Crippen LogP) is 2.17. The summed E-state index contributed by atoms with van der Waals surface area (Å²) in [6, 6.07) is 5.78. The molecule has 0 spiro atoms. The number of para-hydroxylation sites is 1. The van der Waals surface area contributed by atoms with Crippen LogP contribution in [0.1, 0.15) is 12.5 Å². The van der Waals surface area contributed by atoms with Gasteiger partial charge in [0.25, 0.3) is 0 Å². The Morgan fingerprint density at radius 2 is 1.81 bits per heavy atom. The average molecular weight is 492 g/mol. The quantitative estimate of drug-likeness (QED) is 0.386. The maximum atomic E-state index is 11.8. The fraction of sp³-hybridized carbons (Fsp3) is 0.556. The van der Waals surface area contributed by atoms with E-state index >= 15 is 0 Å². The molecule has 1 aromatic rings. The number of guanidine groups is 1. The van der Waals surface area contributed by atoms with Gasteiger partial charge in [0.2, 0.25) is 0 Å². The first-order valence-electron chi connectivity index (χ1n) is 8.71. The zero-order chi connectivity index (χ0) is 18.9. The first-order valence-corrected chi connectivity index (χ1v) is 8.71. The molecule has 0 atom stereocenters. The maximum absolute atomic E-state index is 11.8. The molecule has 9 heteroatoms. The molecule has 8 nitrogen and oxygen atoms in total. The van der Waals surface area contributed by atoms with Crippen LogP contribution in [-0.4, -0.2) is 75.9 Å². The fourth-order valence-corrected chi connectivity index (χ4v) is 2.92. The predicted molar refractivity (Wildman–Crippen MR) is 115 cm³/mol. The second-order valence-corrected chi connectivity index (χ2v) is 5.73. The zero-order valence-corrected chi connectivity index (χ0v) is 18.7. The maximum Gasteiger partial charge on any atom is 0.409 e. The van der Waals surface area contributed by atoms with Crippen molar-refractivity contribution in [2.45, 2.75) is 13.5 Å². The highest BCUT2D eigenvalue weighted by molar-refractivity contribution is 14.0. The van der Waals surface area contributed by atoms with Gasteiger partial charge in [0.05, 0.1) is 20.8 Å². The molecule has 27 heavy (non-hydrogen) atoms. The number of ether oxygens (including phenoxy) is 3. The molecule has 0 unspecified atom stereocenters. The summed E-state index contributed by atoms with van der Waals surface area (Å²) in [5, 5.41) is 3.36. The van der Waals surface area contributed by atoms with E-state index in [-0.39, 0.29) is 30.1 Å². The van der Waals surface area contributed by atoms with E-state index in [9.17, 15) is 4.79 Å². The van der Waals surface area contributed by atoms with Crippen molar-refractivity contribution < 1.29 is 19.0 Å². The summed E-state index contributed by atoms with van der Waals surface area (Å²) < 4.78 is 15.9. The smallest absolute Gasteiger partial charge is 0.409 e. The van der Waals surface area contributed by atoms with E-state index in [1.807, 2.05) is 25.1 Å². The molecular weight excluding hydrogens is 463 g/mol. The Morgan fingerprint density at radius 1 is 1.15 bits per heavy atom. The van der Waals surface area contributed by atoms with Gasteiger partial charge < -0.3 is 29.3 Å². The number of hydrogen-bond acceptors (Lipinski definition) is 5. The molecule has 0 saturated carbocycles. The summed E-state index contributed by atoms with van der Waals surface area (Å²) in [6.07, 6.45) is -0.254. The molecular formula is C18H29IN4O4. The summed E-state index contributed by atoms with van der Waals surface area (Å²) in [6.45, 7) is 5.40. The van der Waals surface area contributed by atoms with E-state index in [1.165, 1.54) is 0 Å². The summed E-state index contributed by atoms with van der Waals surface area (Å²) in [5.41, 5.74) is 0.984. The SMILES string of the molecule is CCOC(=O)N1CCN(C(=NC)NCc2cccc(OC)c2OC)CC1.I. The summed E-state index contributed by atoms with van der Waals surface area (Å²) in [4.78, 5) is 20.0. The fourth-order valence-electron chi connectivity index (χ4n) is 2.92. The van der Waals surface area contributed by atoms with E-state index in [0.717, 1.165) is 11.5 Å². The normalized spacial score (nSPS) is 14.3. The lowest BCUT2D eigenvalue weighted by atomic mass is 10.2. The molecule has 0 aliphatic carbocycles. The number of amides is 1. The molecule has 152 valence electrons. The van der Waals surface area contributed by atoms with Crippen LogP contribution in [-0.2, 0) is 11.3 Å². The van der Waals surface area contributed by atoms with Crippen molar-refractivity contribution in [2.75, 3.05) is 54.1 Å². The summed E-state index contributed by atoms with van der Waals surface area (Å²) >= 11 is 0. The zero-order valence-electron chi connectivity index (χ0n) is 16.4. The highest BCUT2D eigenvalue weighted by Crippen LogP contribution is 2.30. The Kier molecular flexibility index (Phi) is 10.0. The Morgan fingerprint density at radius 3 is 2.37 bits per heavy atom. The minimum atomic E-state index is -0.254. The van der Waals surface area contributed by atoms with Crippen LogP contribution in [0.15, 0.2) is 23.2 Å². The number of rotatable bonds is 5. The van der Waals surface area contributed by atoms with E-state index in [0.29, 0.717) is 50.8 Å². The van der Waals surface area contributed by atoms with Crippen LogP contribution < -0.4 is 14.8 Å². The van der Waals surface area contributed by atoms with E-state index < -0.39 is 0 Å². The first-order chi connectivity index (χ1) is 12.6. The van der Waals surface area contributed by atoms with Gasteiger partial charge in [-0.25, -0.2) is 4.79 Å². The van der Waals surface area contributed by atoms with Crippen LogP contribution in [0.5, 0.6) is 11.5 Å². The third-order valence-electron chi connectivity index (χ3n) is 4.24. The Hall–Kier alpha value is -1.91. The Labute approximate surface area is 177 Å². The Bertz CT molecular complexity index is 634. The molecule has 0 radical (unpaired) electrons. The van der Waals surface area contributed by atoms with Crippen molar-refractivity contribution in [1.82, 2.24) is 15.1 Å². The standard InChI is InChI=1S/C18H28N4O4.HI/c1-5-26-18(23)22-11-9-21(10-12-22)17(19-2)20-13-14-7-6-8-15(24-3)16(14)25-4;/h6-8H,5,9-13H2,1-4H3,(H,19,20);1H. The lowest BCUT2D eigenvalue weighted by Crippen LogP contribution is -2.53. The summed E-state index contributed by atoms with van der Waals surface area (Å²) in [7, 11) is 5.00. The van der Waals surface area contributed by atoms with Crippen LogP contribution in [0.2, 0.25) is 0 Å². The van der Waals surface area contributed by atoms with Gasteiger partial charge in [-0.3, -0.25) is 4.99 Å². The molecule has 1 amide bonds. The van der Waals surface area contributed by atoms with Gasteiger partial charge in [0.15, 0.2) is 17.5 Å². The third-order valence-corrected chi connectivity index (χ3v) is 4.24. The van der Waals surface area contributed by atoms with Crippen LogP contribution in [0.4, 0.5) is 4.79 Å². The lowest BCUT2D eigenvalue weighted by Gasteiger charge is -2.35. The van der Waals surface area contributed by atoms with Crippen molar-refractivity contribution in [2.24, 2.45) is 4.99 Å². The van der Waals surface area contributed by atoms with E-state index in [4.69, 9.17) is 14.2 Å². The molecule has 1 heterocycles. The minimum Gasteiger partial charge on any atom is -0.493 e. The van der Waals surface area contributed by atoms with Gasteiger partial charge >= 0.3 is 6.09 Å². The second-order valence-electron chi connectivity index (χ2n) is 5.73. The van der Waals surface area contributed by atoms with E-state index in [2.05, 4.69) is 15.2 Å². The molecule has 1 fully saturated rings. The summed E-state index contributed by atoms with van der Waals surface area (Å²) in [5.74, 6) is 2.20. The molecule has 1 aliphatic rings. The molecule has 1 saturated heterocycles. The van der Waals surface area contributed by atoms with Gasteiger partial charge in [-0.1, -0.05) is 12.1 Å². The van der Waals surface area contributed by atoms with Crippen LogP contribution >= 0.6 is 24.0 Å². The minimum absolute atomic E-state index is 0. The van der Waals surface area contributed by atoms with Gasteiger partial charge in [-0.15, -0.1) is 24.0 Å². The van der Waals surface area contributed by atoms with Gasteiger partial charge in [-0.05, 0) is 13.0 Å². The van der Waals surface area contributed by atoms with Crippen molar-refractivity contribution in [1.29, 1.82) is 0 Å². The second kappa shape index (κ2) is 11.7. The van der Waals surface area contributed by atoms with Gasteiger partial charge in [0.1, 0.15) is 0 Å². The number of aliphatic imine (C=N–C) groups is 1. The number of hydrogen-bond donors (Lipinski definition) is 1. The number of nitrogens with zero attached hydrogens (tertiary/aromatic N) is 3. The van der Waals surface area contributed by atoms with E-state index in [1.54, 1.807) is 26.2 Å². The average Bonchev–Trinajstić information content (AvgIpc) is 2.68. The van der Waals surface area contributed by atoms with Crippen molar-refractivity contribution in [3.63, 3.8) is 0 Å². The first kappa shape index (κ1) is 23.1. The van der Waals surface area contributed by atoms with Gasteiger partial charge in [-0.2, -0.15) is 0 Å². The molecule has 0 bridgehead atoms. The van der Waals surface area contributed by atoms with Crippen molar-refractivity contribution in [3.05, 3.63) is 23.8 Å². The van der Waals surface area contributed by atoms with Crippen LogP contribution in [0.25, 0.3) is 0 Å². The monoisotopic (exact) mass is 492 g/mol.